The number of methoxy groups -OCH3 is 1. The van der Waals surface area contributed by atoms with E-state index in [0.717, 1.165) is 24.3 Å². The molecular weight excluding hydrogens is 420 g/mol. The van der Waals surface area contributed by atoms with Gasteiger partial charge in [0, 0.05) is 50.9 Å². The first-order chi connectivity index (χ1) is 15.9. The lowest BCUT2D eigenvalue weighted by molar-refractivity contribution is -0.131. The zero-order valence-corrected chi connectivity index (χ0v) is 19.3. The predicted molar refractivity (Wildman–Crippen MR) is 128 cm³/mol. The molecule has 8 heteroatoms. The van der Waals surface area contributed by atoms with E-state index in [1.54, 1.807) is 31.4 Å². The summed E-state index contributed by atoms with van der Waals surface area (Å²) in [6, 6.07) is 14.8. The summed E-state index contributed by atoms with van der Waals surface area (Å²) in [5, 5.41) is 5.58. The van der Waals surface area contributed by atoms with Gasteiger partial charge in [0.15, 0.2) is 0 Å². The van der Waals surface area contributed by atoms with Gasteiger partial charge in [0.1, 0.15) is 5.75 Å². The van der Waals surface area contributed by atoms with Gasteiger partial charge in [-0.3, -0.25) is 19.3 Å². The highest BCUT2D eigenvalue weighted by atomic mass is 16.5. The van der Waals surface area contributed by atoms with Gasteiger partial charge in [-0.2, -0.15) is 0 Å². The summed E-state index contributed by atoms with van der Waals surface area (Å²) in [7, 11) is 1.64. The highest BCUT2D eigenvalue weighted by Crippen LogP contribution is 2.15. The third kappa shape index (κ3) is 7.91. The number of nitrogens with zero attached hydrogens (tertiary/aromatic N) is 2. The molecule has 1 saturated heterocycles. The Kier molecular flexibility index (Phi) is 8.83. The fourth-order valence-electron chi connectivity index (χ4n) is 3.82. The number of nitrogens with one attached hydrogen (secondary N) is 2. The second-order valence-corrected chi connectivity index (χ2v) is 8.17. The van der Waals surface area contributed by atoms with Gasteiger partial charge in [-0.25, -0.2) is 0 Å². The number of amides is 3. The van der Waals surface area contributed by atoms with Crippen molar-refractivity contribution in [2.75, 3.05) is 50.5 Å². The highest BCUT2D eigenvalue weighted by Gasteiger charge is 2.20. The maximum Gasteiger partial charge on any atom is 0.238 e. The van der Waals surface area contributed by atoms with Crippen LogP contribution in [0, 0.1) is 0 Å². The summed E-state index contributed by atoms with van der Waals surface area (Å²) in [6.45, 7) is 4.51. The molecule has 0 unspecified atom stereocenters. The molecule has 0 bridgehead atoms. The summed E-state index contributed by atoms with van der Waals surface area (Å²) >= 11 is 0. The van der Waals surface area contributed by atoms with Crippen LogP contribution >= 0.6 is 0 Å². The normalized spacial score (nSPS) is 14.3. The van der Waals surface area contributed by atoms with E-state index in [1.165, 1.54) is 6.92 Å². The summed E-state index contributed by atoms with van der Waals surface area (Å²) in [6.07, 6.45) is 2.01. The highest BCUT2D eigenvalue weighted by molar-refractivity contribution is 5.93. The molecule has 176 valence electrons. The van der Waals surface area contributed by atoms with E-state index in [9.17, 15) is 14.4 Å². The van der Waals surface area contributed by atoms with Gasteiger partial charge in [-0.05, 0) is 54.8 Å². The number of carbonyl (C=O) groups is 3. The van der Waals surface area contributed by atoms with Crippen molar-refractivity contribution in [3.63, 3.8) is 0 Å². The van der Waals surface area contributed by atoms with Crippen LogP contribution in [0.25, 0.3) is 0 Å². The van der Waals surface area contributed by atoms with Gasteiger partial charge in [-0.1, -0.05) is 12.1 Å². The number of anilines is 2. The number of rotatable bonds is 8. The Labute approximate surface area is 194 Å². The molecular formula is C25H32N4O4. The Morgan fingerprint density at radius 2 is 1.55 bits per heavy atom. The second-order valence-electron chi connectivity index (χ2n) is 8.17. The molecule has 3 amide bonds. The van der Waals surface area contributed by atoms with Gasteiger partial charge < -0.3 is 20.3 Å². The van der Waals surface area contributed by atoms with E-state index < -0.39 is 0 Å². The molecule has 1 heterocycles. The first-order valence-corrected chi connectivity index (χ1v) is 11.2. The van der Waals surface area contributed by atoms with Crippen LogP contribution in [0.4, 0.5) is 11.4 Å². The molecule has 2 aromatic rings. The lowest BCUT2D eigenvalue weighted by atomic mass is 10.1. The summed E-state index contributed by atoms with van der Waals surface area (Å²) < 4.78 is 5.17. The van der Waals surface area contributed by atoms with Crippen molar-refractivity contribution in [3.05, 3.63) is 54.1 Å². The molecule has 33 heavy (non-hydrogen) atoms. The minimum Gasteiger partial charge on any atom is -0.497 e. The van der Waals surface area contributed by atoms with Crippen LogP contribution in [-0.4, -0.2) is 67.4 Å². The van der Waals surface area contributed by atoms with Gasteiger partial charge in [0.25, 0.3) is 0 Å². The molecule has 0 spiro atoms. The second kappa shape index (κ2) is 12.0. The average molecular weight is 453 g/mol. The number of benzene rings is 2. The number of hydrogen-bond donors (Lipinski definition) is 2. The van der Waals surface area contributed by atoms with Gasteiger partial charge >= 0.3 is 0 Å². The molecule has 1 aliphatic rings. The maximum absolute atomic E-state index is 12.7. The van der Waals surface area contributed by atoms with Crippen LogP contribution in [0.3, 0.4) is 0 Å². The third-order valence-electron chi connectivity index (χ3n) is 5.58. The van der Waals surface area contributed by atoms with Crippen LogP contribution in [-0.2, 0) is 20.8 Å². The molecule has 8 nitrogen and oxygen atoms in total. The van der Waals surface area contributed by atoms with E-state index in [-0.39, 0.29) is 24.3 Å². The number of carbonyl (C=O) groups excluding carboxylic acids is 3. The van der Waals surface area contributed by atoms with Crippen LogP contribution in [0.15, 0.2) is 48.5 Å². The largest absolute Gasteiger partial charge is 0.497 e. The van der Waals surface area contributed by atoms with Crippen LogP contribution in [0.2, 0.25) is 0 Å². The molecule has 0 saturated carbocycles. The summed E-state index contributed by atoms with van der Waals surface area (Å²) in [5.74, 6) is 0.725. The Bertz CT molecular complexity index is 944. The van der Waals surface area contributed by atoms with E-state index >= 15 is 0 Å². The van der Waals surface area contributed by atoms with E-state index in [2.05, 4.69) is 15.5 Å². The Balaban J connectivity index is 1.41. The van der Waals surface area contributed by atoms with E-state index in [0.29, 0.717) is 43.9 Å². The van der Waals surface area contributed by atoms with Crippen LogP contribution in [0.5, 0.6) is 5.75 Å². The van der Waals surface area contributed by atoms with Crippen molar-refractivity contribution in [2.45, 2.75) is 26.2 Å². The third-order valence-corrected chi connectivity index (χ3v) is 5.58. The molecule has 2 aromatic carbocycles. The van der Waals surface area contributed by atoms with Gasteiger partial charge in [0.05, 0.1) is 13.7 Å². The first-order valence-electron chi connectivity index (χ1n) is 11.2. The lowest BCUT2D eigenvalue weighted by Gasteiger charge is -2.22. The molecule has 2 N–H and O–H groups in total. The average Bonchev–Trinajstić information content (AvgIpc) is 3.04. The molecule has 0 radical (unpaired) electrons. The van der Waals surface area contributed by atoms with E-state index in [1.807, 2.05) is 29.2 Å². The van der Waals surface area contributed by atoms with Crippen molar-refractivity contribution in [3.8, 4) is 5.75 Å². The Morgan fingerprint density at radius 3 is 2.18 bits per heavy atom. The van der Waals surface area contributed by atoms with Crippen LogP contribution < -0.4 is 15.4 Å². The fraction of sp³-hybridized carbons (Fsp3) is 0.400. The molecule has 1 aliphatic heterocycles. The van der Waals surface area contributed by atoms with Crippen molar-refractivity contribution < 1.29 is 19.1 Å². The zero-order chi connectivity index (χ0) is 23.6. The van der Waals surface area contributed by atoms with Crippen LogP contribution in [0.1, 0.15) is 25.3 Å². The Morgan fingerprint density at radius 1 is 0.879 bits per heavy atom. The zero-order valence-electron chi connectivity index (χ0n) is 19.3. The Hall–Kier alpha value is -3.39. The molecule has 3 rings (SSSR count). The van der Waals surface area contributed by atoms with Crippen molar-refractivity contribution in [1.29, 1.82) is 0 Å². The summed E-state index contributed by atoms with van der Waals surface area (Å²) in [5.41, 5.74) is 2.48. The molecule has 1 fully saturated rings. The topological polar surface area (TPSA) is 91.0 Å². The molecule has 0 aromatic heterocycles. The van der Waals surface area contributed by atoms with Crippen molar-refractivity contribution in [2.24, 2.45) is 0 Å². The number of hydrogen-bond acceptors (Lipinski definition) is 5. The monoisotopic (exact) mass is 452 g/mol. The summed E-state index contributed by atoms with van der Waals surface area (Å²) in [4.78, 5) is 40.2. The first kappa shape index (κ1) is 24.3. The minimum absolute atomic E-state index is 0.0958. The standard InChI is InChI=1S/C25H32N4O4/c1-19(30)26-21-7-9-22(10-8-21)27-24(31)18-28-14-3-15-29(17-16-28)25(32)13-6-20-4-11-23(33-2)12-5-20/h4-5,7-12H,3,6,13-18H2,1-2H3,(H,26,30)(H,27,31). The van der Waals surface area contributed by atoms with Gasteiger partial charge in [0.2, 0.25) is 17.7 Å². The maximum atomic E-state index is 12.7. The van der Waals surface area contributed by atoms with E-state index in [4.69, 9.17) is 4.74 Å². The number of ether oxygens (including phenoxy) is 1. The number of aryl methyl sites for hydroxylation is 1. The fourth-order valence-corrected chi connectivity index (χ4v) is 3.82. The minimum atomic E-state index is -0.138. The molecule has 0 atom stereocenters. The van der Waals surface area contributed by atoms with Crippen molar-refractivity contribution in [1.82, 2.24) is 9.80 Å². The smallest absolute Gasteiger partial charge is 0.238 e. The van der Waals surface area contributed by atoms with Crippen molar-refractivity contribution >= 4 is 29.1 Å². The lowest BCUT2D eigenvalue weighted by Crippen LogP contribution is -2.38. The quantitative estimate of drug-likeness (QED) is 0.643. The predicted octanol–water partition coefficient (Wildman–Crippen LogP) is 2.76. The van der Waals surface area contributed by atoms with Gasteiger partial charge in [-0.15, -0.1) is 0 Å². The molecule has 0 aliphatic carbocycles. The SMILES string of the molecule is COc1ccc(CCC(=O)N2CCCN(CC(=O)Nc3ccc(NC(C)=O)cc3)CC2)cc1.